The minimum absolute atomic E-state index is 0. The van der Waals surface area contributed by atoms with E-state index in [4.69, 9.17) is 24.7 Å². The Bertz CT molecular complexity index is 756. The third kappa shape index (κ3) is 5.98. The van der Waals surface area contributed by atoms with Crippen molar-refractivity contribution >= 4 is 23.6 Å². The number of primary amides is 1. The minimum atomic E-state index is -1.16. The molecular formula is C17H21ClN2O8. The Labute approximate surface area is 167 Å². The maximum atomic E-state index is 11.6. The Morgan fingerprint density at radius 2 is 1.71 bits per heavy atom. The summed E-state index contributed by atoms with van der Waals surface area (Å²) in [6.45, 7) is 3.41. The molecule has 2 rings (SSSR count). The topological polar surface area (TPSA) is 135 Å². The van der Waals surface area contributed by atoms with Crippen LogP contribution in [0.25, 0.3) is 0 Å². The first-order valence-electron chi connectivity index (χ1n) is 8.10. The highest BCUT2D eigenvalue weighted by molar-refractivity contribution is 5.92. The fraction of sp³-hybridized carbons (Fsp3) is 0.471. The monoisotopic (exact) mass is 416 g/mol. The highest BCUT2D eigenvalue weighted by Crippen LogP contribution is 2.31. The number of carbonyl (C=O) groups excluding carboxylic acids is 4. The first kappa shape index (κ1) is 23.5. The third-order valence-electron chi connectivity index (χ3n) is 3.60. The van der Waals surface area contributed by atoms with E-state index in [1.165, 1.54) is 37.6 Å². The van der Waals surface area contributed by atoms with Crippen molar-refractivity contribution in [3.05, 3.63) is 30.1 Å². The molecule has 2 N–H and O–H groups in total. The number of rotatable bonds is 7. The van der Waals surface area contributed by atoms with Crippen molar-refractivity contribution in [1.82, 2.24) is 0 Å². The van der Waals surface area contributed by atoms with Gasteiger partial charge in [0.15, 0.2) is 24.3 Å². The number of nitrogens with two attached hydrogens (primary N) is 1. The average Bonchev–Trinajstić information content (AvgIpc) is 2.89. The van der Waals surface area contributed by atoms with E-state index in [0.29, 0.717) is 0 Å². The second kappa shape index (κ2) is 10.1. The Morgan fingerprint density at radius 3 is 2.25 bits per heavy atom. The average molecular weight is 417 g/mol. The fourth-order valence-corrected chi connectivity index (χ4v) is 2.61. The molecule has 4 atom stereocenters. The molecule has 11 heteroatoms. The smallest absolute Gasteiger partial charge is 0.306 e. The number of Topliss-reactive ketones (excluding diaryl/α,β-unsaturated/α-hetero) is 1. The lowest BCUT2D eigenvalue weighted by atomic mass is 10.2. The number of ether oxygens (including phenoxy) is 4. The number of hydrogen-bond donors (Lipinski definition) is 1. The normalized spacial score (nSPS) is 23.4. The van der Waals surface area contributed by atoms with Crippen molar-refractivity contribution in [2.45, 2.75) is 45.5 Å². The number of esters is 2. The Morgan fingerprint density at radius 1 is 1.11 bits per heavy atom. The first-order chi connectivity index (χ1) is 12.7. The molecule has 1 aliphatic rings. The van der Waals surface area contributed by atoms with Crippen LogP contribution in [0.2, 0.25) is 0 Å². The number of pyridine rings is 1. The molecule has 1 fully saturated rings. The van der Waals surface area contributed by atoms with Gasteiger partial charge in [-0.25, -0.2) is 0 Å². The second-order valence-corrected chi connectivity index (χ2v) is 5.96. The molecule has 28 heavy (non-hydrogen) atoms. The van der Waals surface area contributed by atoms with Gasteiger partial charge in [0.25, 0.3) is 5.91 Å². The number of halogens is 1. The van der Waals surface area contributed by atoms with Crippen LogP contribution in [-0.2, 0) is 33.3 Å². The van der Waals surface area contributed by atoms with Gasteiger partial charge >= 0.3 is 18.2 Å². The van der Waals surface area contributed by atoms with E-state index in [2.05, 4.69) is 0 Å². The van der Waals surface area contributed by atoms with Gasteiger partial charge in [0.1, 0.15) is 12.2 Å². The van der Waals surface area contributed by atoms with E-state index in [0.717, 1.165) is 0 Å². The highest BCUT2D eigenvalue weighted by atomic mass is 35.5. The zero-order valence-electron chi connectivity index (χ0n) is 15.5. The van der Waals surface area contributed by atoms with Crippen LogP contribution in [0, 0.1) is 0 Å². The van der Waals surface area contributed by atoms with Crippen LogP contribution in [-0.4, -0.2) is 48.7 Å². The maximum absolute atomic E-state index is 11.6. The summed E-state index contributed by atoms with van der Waals surface area (Å²) in [6, 6.07) is 3.06. The molecule has 0 aliphatic carbocycles. The zero-order chi connectivity index (χ0) is 20.1. The van der Waals surface area contributed by atoms with E-state index in [1.54, 1.807) is 12.3 Å². The molecule has 1 aliphatic heterocycles. The van der Waals surface area contributed by atoms with Gasteiger partial charge in [0.05, 0.1) is 0 Å². The summed E-state index contributed by atoms with van der Waals surface area (Å²) in [5.41, 5.74) is 5.48. The summed E-state index contributed by atoms with van der Waals surface area (Å²) >= 11 is 0. The summed E-state index contributed by atoms with van der Waals surface area (Å²) in [4.78, 5) is 45.7. The molecule has 1 aromatic rings. The van der Waals surface area contributed by atoms with Crippen molar-refractivity contribution in [2.24, 2.45) is 5.73 Å². The number of ketones is 1. The summed E-state index contributed by atoms with van der Waals surface area (Å²) in [6.07, 6.45) is -1.35. The highest BCUT2D eigenvalue weighted by Gasteiger charge is 2.55. The molecule has 0 unspecified atom stereocenters. The van der Waals surface area contributed by atoms with E-state index in [1.807, 2.05) is 0 Å². The maximum Gasteiger partial charge on any atom is 0.306 e. The predicted molar refractivity (Wildman–Crippen MR) is 86.8 cm³/mol. The lowest BCUT2D eigenvalue weighted by Gasteiger charge is -2.21. The number of nitrogens with zero attached hydrogens (tertiary/aromatic N) is 1. The largest absolute Gasteiger partial charge is 1.00 e. The molecule has 1 amide bonds. The van der Waals surface area contributed by atoms with Crippen LogP contribution >= 0.6 is 0 Å². The van der Waals surface area contributed by atoms with Crippen molar-refractivity contribution in [1.29, 1.82) is 0 Å². The van der Waals surface area contributed by atoms with Crippen LogP contribution in [0.15, 0.2) is 24.5 Å². The van der Waals surface area contributed by atoms with Crippen LogP contribution in [0.5, 0.6) is 0 Å². The molecule has 1 saturated heterocycles. The van der Waals surface area contributed by atoms with Gasteiger partial charge in [0.2, 0.25) is 12.4 Å². The third-order valence-corrected chi connectivity index (χ3v) is 3.60. The molecule has 0 saturated carbocycles. The molecule has 0 spiro atoms. The van der Waals surface area contributed by atoms with Crippen LogP contribution < -0.4 is 22.7 Å². The molecule has 1 aromatic heterocycles. The number of amides is 1. The lowest BCUT2D eigenvalue weighted by molar-refractivity contribution is -0.767. The summed E-state index contributed by atoms with van der Waals surface area (Å²) in [5, 5.41) is 0. The molecule has 0 aromatic carbocycles. The van der Waals surface area contributed by atoms with Crippen LogP contribution in [0.4, 0.5) is 0 Å². The molecule has 154 valence electrons. The molecular weight excluding hydrogens is 396 g/mol. The van der Waals surface area contributed by atoms with Gasteiger partial charge in [-0.05, 0) is 13.0 Å². The summed E-state index contributed by atoms with van der Waals surface area (Å²) in [7, 11) is 0. The number of carbonyl (C=O) groups is 4. The van der Waals surface area contributed by atoms with Gasteiger partial charge in [-0.15, -0.1) is 0 Å². The van der Waals surface area contributed by atoms with Gasteiger partial charge in [-0.2, -0.15) is 4.57 Å². The predicted octanol–water partition coefficient (Wildman–Crippen LogP) is -3.60. The zero-order valence-corrected chi connectivity index (χ0v) is 16.3. The second-order valence-electron chi connectivity index (χ2n) is 5.96. The minimum Gasteiger partial charge on any atom is -1.00 e. The fourth-order valence-electron chi connectivity index (χ4n) is 2.61. The summed E-state index contributed by atoms with van der Waals surface area (Å²) in [5.74, 6) is -2.21. The van der Waals surface area contributed by atoms with Gasteiger partial charge in [-0.1, -0.05) is 0 Å². The Balaban J connectivity index is 0.00000392. The quantitative estimate of drug-likeness (QED) is 0.356. The van der Waals surface area contributed by atoms with E-state index in [-0.39, 0.29) is 30.4 Å². The summed E-state index contributed by atoms with van der Waals surface area (Å²) < 4.78 is 23.1. The Kier molecular flexibility index (Phi) is 8.48. The van der Waals surface area contributed by atoms with Crippen molar-refractivity contribution < 1.29 is 55.1 Å². The molecule has 0 radical (unpaired) electrons. The number of hydrogen-bond acceptors (Lipinski definition) is 8. The standard InChI is InChI=1S/C17H20N2O8.ClH/c1-9(20)8-24-17-14(26-11(3)22)13(25-10(2)21)16(27-17)19-6-4-5-12(7-19)15(18)23;/h4-7,13-14,16-17H,8H2,1-3H3,(H-,18,23);1H/t13-,14+,16-,17+;/m1./s1. The van der Waals surface area contributed by atoms with Gasteiger partial charge < -0.3 is 32.4 Å². The van der Waals surface area contributed by atoms with Gasteiger partial charge in [-0.3, -0.25) is 23.9 Å². The van der Waals surface area contributed by atoms with Crippen LogP contribution in [0.3, 0.4) is 0 Å². The molecule has 2 heterocycles. The van der Waals surface area contributed by atoms with E-state index in [9.17, 15) is 19.2 Å². The SMILES string of the molecule is CC(=O)CO[C@H]1O[C@@H]([n+]2cccc(C(N)=O)c2)[C@H](OC(C)=O)[C@@H]1OC(C)=O.[Cl-]. The van der Waals surface area contributed by atoms with E-state index < -0.39 is 42.6 Å². The Hall–Kier alpha value is -2.56. The number of aromatic nitrogens is 1. The van der Waals surface area contributed by atoms with Crippen molar-refractivity contribution in [3.63, 3.8) is 0 Å². The van der Waals surface area contributed by atoms with Gasteiger partial charge in [0, 0.05) is 19.9 Å². The molecule has 10 nitrogen and oxygen atoms in total. The van der Waals surface area contributed by atoms with Crippen LogP contribution in [0.1, 0.15) is 37.4 Å². The lowest BCUT2D eigenvalue weighted by Crippen LogP contribution is -3.00. The van der Waals surface area contributed by atoms with Crippen molar-refractivity contribution in [3.8, 4) is 0 Å². The van der Waals surface area contributed by atoms with E-state index >= 15 is 0 Å². The first-order valence-corrected chi connectivity index (χ1v) is 8.10. The van der Waals surface area contributed by atoms with Crippen molar-refractivity contribution in [2.75, 3.05) is 6.61 Å². The molecule has 0 bridgehead atoms.